The van der Waals surface area contributed by atoms with E-state index >= 15 is 0 Å². The summed E-state index contributed by atoms with van der Waals surface area (Å²) in [6.07, 6.45) is 11.1. The Labute approximate surface area is 139 Å². The molecule has 0 unspecified atom stereocenters. The van der Waals surface area contributed by atoms with Gasteiger partial charge in [0, 0.05) is 19.1 Å². The molecule has 0 spiro atoms. The maximum absolute atomic E-state index is 12.7. The van der Waals surface area contributed by atoms with Crippen LogP contribution in [0.25, 0.3) is 0 Å². The average Bonchev–Trinajstić information content (AvgIpc) is 2.94. The number of carbonyl (C=O) groups is 2. The Morgan fingerprint density at radius 2 is 1.70 bits per heavy atom. The number of likely N-dealkylation sites (N-methyl/N-ethyl adjacent to an activating group) is 1. The van der Waals surface area contributed by atoms with Crippen LogP contribution in [-0.2, 0) is 9.59 Å². The van der Waals surface area contributed by atoms with Gasteiger partial charge in [-0.15, -0.1) is 0 Å². The van der Waals surface area contributed by atoms with Gasteiger partial charge in [0.05, 0.1) is 6.54 Å². The minimum atomic E-state index is -0.757. The second-order valence-corrected chi connectivity index (χ2v) is 7.67. The molecule has 1 amide bonds. The summed E-state index contributed by atoms with van der Waals surface area (Å²) in [5, 5.41) is 9.56. The zero-order valence-electron chi connectivity index (χ0n) is 14.2. The third-order valence-corrected chi connectivity index (χ3v) is 6.34. The Morgan fingerprint density at radius 1 is 1.04 bits per heavy atom. The lowest BCUT2D eigenvalue weighted by molar-refractivity contribution is -0.144. The molecule has 0 radical (unpaired) electrons. The second-order valence-electron chi connectivity index (χ2n) is 7.67. The first-order valence-corrected chi connectivity index (χ1v) is 9.32. The van der Waals surface area contributed by atoms with E-state index in [2.05, 4.69) is 0 Å². The summed E-state index contributed by atoms with van der Waals surface area (Å²) in [6.45, 7) is 0.283. The van der Waals surface area contributed by atoms with Gasteiger partial charge < -0.3 is 10.0 Å². The number of carbonyl (C=O) groups excluding carboxylic acids is 1. The highest BCUT2D eigenvalue weighted by molar-refractivity contribution is 5.80. The number of likely N-dealkylation sites (tertiary alicyclic amines) is 1. The molecule has 130 valence electrons. The Balaban J connectivity index is 1.65. The molecule has 3 rings (SSSR count). The van der Waals surface area contributed by atoms with Crippen molar-refractivity contribution in [3.63, 3.8) is 0 Å². The van der Waals surface area contributed by atoms with Crippen molar-refractivity contribution in [2.24, 2.45) is 5.92 Å². The minimum absolute atomic E-state index is 0.106. The van der Waals surface area contributed by atoms with Crippen LogP contribution in [0, 0.1) is 5.92 Å². The van der Waals surface area contributed by atoms with E-state index in [0.29, 0.717) is 18.0 Å². The van der Waals surface area contributed by atoms with E-state index in [4.69, 9.17) is 0 Å². The Morgan fingerprint density at radius 3 is 2.39 bits per heavy atom. The van der Waals surface area contributed by atoms with Crippen molar-refractivity contribution in [3.8, 4) is 0 Å². The van der Waals surface area contributed by atoms with Crippen LogP contribution in [0.1, 0.15) is 64.2 Å². The molecule has 3 aliphatic rings. The van der Waals surface area contributed by atoms with Crippen molar-refractivity contribution < 1.29 is 14.7 Å². The zero-order valence-corrected chi connectivity index (χ0v) is 14.2. The van der Waals surface area contributed by atoms with E-state index in [1.54, 1.807) is 0 Å². The molecule has 3 atom stereocenters. The third kappa shape index (κ3) is 3.54. The molecule has 0 aromatic rings. The summed E-state index contributed by atoms with van der Waals surface area (Å²) in [5.41, 5.74) is 0. The molecular formula is C18H30N2O3. The summed E-state index contributed by atoms with van der Waals surface area (Å²) in [6, 6.07) is 0.185. The molecule has 1 aliphatic heterocycles. The van der Waals surface area contributed by atoms with E-state index < -0.39 is 12.0 Å². The summed E-state index contributed by atoms with van der Waals surface area (Å²) in [7, 11) is 1.91. The summed E-state index contributed by atoms with van der Waals surface area (Å²) < 4.78 is 0. The molecule has 0 bridgehead atoms. The highest BCUT2D eigenvalue weighted by atomic mass is 16.4. The van der Waals surface area contributed by atoms with Gasteiger partial charge in [0.15, 0.2) is 0 Å². The van der Waals surface area contributed by atoms with Gasteiger partial charge in [0.2, 0.25) is 5.91 Å². The van der Waals surface area contributed by atoms with Gasteiger partial charge in [-0.05, 0) is 38.0 Å². The fourth-order valence-corrected chi connectivity index (χ4v) is 4.96. The number of fused-ring (bicyclic) bond motifs is 1. The van der Waals surface area contributed by atoms with Crippen LogP contribution in [0.2, 0.25) is 0 Å². The fraction of sp³-hybridized carbons (Fsp3) is 0.889. The van der Waals surface area contributed by atoms with Gasteiger partial charge in [-0.3, -0.25) is 14.5 Å². The van der Waals surface area contributed by atoms with Gasteiger partial charge in [0.25, 0.3) is 0 Å². The van der Waals surface area contributed by atoms with Crippen LogP contribution in [0.15, 0.2) is 0 Å². The fourth-order valence-electron chi connectivity index (χ4n) is 4.96. The number of hydrogen-bond acceptors (Lipinski definition) is 3. The molecule has 5 nitrogen and oxygen atoms in total. The highest BCUT2D eigenvalue weighted by Gasteiger charge is 2.46. The molecule has 1 N–H and O–H groups in total. The van der Waals surface area contributed by atoms with Gasteiger partial charge in [-0.1, -0.05) is 32.1 Å². The molecule has 0 aromatic carbocycles. The first-order chi connectivity index (χ1) is 11.1. The normalized spacial score (nSPS) is 32.5. The van der Waals surface area contributed by atoms with Crippen molar-refractivity contribution in [2.75, 3.05) is 13.6 Å². The summed E-state index contributed by atoms with van der Waals surface area (Å²) in [5.74, 6) is -0.181. The highest BCUT2D eigenvalue weighted by Crippen LogP contribution is 2.39. The molecule has 5 heteroatoms. The van der Waals surface area contributed by atoms with Crippen molar-refractivity contribution in [1.29, 1.82) is 0 Å². The monoisotopic (exact) mass is 322 g/mol. The SMILES string of the molecule is CN(C(=O)CN1[C@@H]2CCCC[C@@H]2C[C@H]1C(=O)O)C1CCCCC1. The van der Waals surface area contributed by atoms with Crippen molar-refractivity contribution in [2.45, 2.75) is 82.3 Å². The van der Waals surface area contributed by atoms with Gasteiger partial charge in [-0.2, -0.15) is 0 Å². The minimum Gasteiger partial charge on any atom is -0.480 e. The smallest absolute Gasteiger partial charge is 0.320 e. The average molecular weight is 322 g/mol. The molecule has 1 saturated heterocycles. The van der Waals surface area contributed by atoms with Crippen molar-refractivity contribution in [1.82, 2.24) is 9.80 Å². The molecule has 0 aromatic heterocycles. The van der Waals surface area contributed by atoms with Crippen molar-refractivity contribution >= 4 is 11.9 Å². The Bertz CT molecular complexity index is 448. The van der Waals surface area contributed by atoms with Gasteiger partial charge in [-0.25, -0.2) is 0 Å². The molecule has 3 fully saturated rings. The molecule has 1 heterocycles. The van der Waals surface area contributed by atoms with E-state index in [1.807, 2.05) is 16.8 Å². The van der Waals surface area contributed by atoms with Crippen molar-refractivity contribution in [3.05, 3.63) is 0 Å². The maximum atomic E-state index is 12.7. The predicted molar refractivity (Wildman–Crippen MR) is 88.1 cm³/mol. The number of nitrogens with zero attached hydrogens (tertiary/aromatic N) is 2. The van der Waals surface area contributed by atoms with Crippen LogP contribution < -0.4 is 0 Å². The van der Waals surface area contributed by atoms with Crippen LogP contribution in [0.4, 0.5) is 0 Å². The van der Waals surface area contributed by atoms with Gasteiger partial charge >= 0.3 is 5.97 Å². The maximum Gasteiger partial charge on any atom is 0.320 e. The van der Waals surface area contributed by atoms with E-state index in [-0.39, 0.29) is 12.5 Å². The summed E-state index contributed by atoms with van der Waals surface area (Å²) >= 11 is 0. The first-order valence-electron chi connectivity index (χ1n) is 9.32. The number of carboxylic acids is 1. The van der Waals surface area contributed by atoms with E-state index in [0.717, 1.165) is 38.5 Å². The number of amides is 1. The predicted octanol–water partition coefficient (Wildman–Crippen LogP) is 2.50. The lowest BCUT2D eigenvalue weighted by atomic mass is 9.85. The third-order valence-electron chi connectivity index (χ3n) is 6.34. The largest absolute Gasteiger partial charge is 0.480 e. The standard InChI is InChI=1S/C18H30N2O3/c1-19(14-8-3-2-4-9-14)17(21)12-20-15-10-6-5-7-13(15)11-16(20)18(22)23/h13-16H,2-12H2,1H3,(H,22,23)/t13-,15-,16+/m1/s1. The van der Waals surface area contributed by atoms with E-state index in [9.17, 15) is 14.7 Å². The molecule has 2 saturated carbocycles. The van der Waals surface area contributed by atoms with Crippen LogP contribution in [0.3, 0.4) is 0 Å². The number of hydrogen-bond donors (Lipinski definition) is 1. The van der Waals surface area contributed by atoms with Gasteiger partial charge in [0.1, 0.15) is 6.04 Å². The Hall–Kier alpha value is -1.10. The molecule has 23 heavy (non-hydrogen) atoms. The quantitative estimate of drug-likeness (QED) is 0.864. The molecule has 2 aliphatic carbocycles. The lowest BCUT2D eigenvalue weighted by Crippen LogP contribution is -2.50. The lowest BCUT2D eigenvalue weighted by Gasteiger charge is -2.36. The number of rotatable bonds is 4. The number of carboxylic acid groups (broad SMARTS) is 1. The molecular weight excluding hydrogens is 292 g/mol. The first kappa shape index (κ1) is 16.7. The van der Waals surface area contributed by atoms with Crippen LogP contribution in [-0.4, -0.2) is 58.5 Å². The second kappa shape index (κ2) is 7.20. The zero-order chi connectivity index (χ0) is 16.4. The van der Waals surface area contributed by atoms with Crippen LogP contribution >= 0.6 is 0 Å². The topological polar surface area (TPSA) is 60.9 Å². The Kier molecular flexibility index (Phi) is 5.24. The summed E-state index contributed by atoms with van der Waals surface area (Å²) in [4.78, 5) is 28.3. The van der Waals surface area contributed by atoms with Crippen LogP contribution in [0.5, 0.6) is 0 Å². The number of aliphatic carboxylic acids is 1. The van der Waals surface area contributed by atoms with E-state index in [1.165, 1.54) is 25.7 Å².